The van der Waals surface area contributed by atoms with Crippen LogP contribution in [0.3, 0.4) is 0 Å². The van der Waals surface area contributed by atoms with Gasteiger partial charge in [0.1, 0.15) is 11.2 Å². The molecule has 0 aliphatic carbocycles. The average molecular weight is 290 g/mol. The van der Waals surface area contributed by atoms with Crippen molar-refractivity contribution in [2.24, 2.45) is 0 Å². The third kappa shape index (κ3) is 1.97. The smallest absolute Gasteiger partial charge is 0.455 e. The van der Waals surface area contributed by atoms with E-state index in [2.05, 4.69) is 9.97 Å². The molecule has 2 aromatic heterocycles. The van der Waals surface area contributed by atoms with E-state index in [9.17, 15) is 0 Å². The number of aromatic nitrogens is 2. The topological polar surface area (TPSA) is 79.4 Å². The molecule has 0 unspecified atom stereocenters. The Bertz CT molecular complexity index is 964. The van der Waals surface area contributed by atoms with Crippen molar-refractivity contribution in [1.82, 2.24) is 9.97 Å². The number of para-hydroxylation sites is 2. The predicted molar refractivity (Wildman–Crippen MR) is 84.6 cm³/mol. The van der Waals surface area contributed by atoms with Crippen molar-refractivity contribution in [1.29, 1.82) is 0 Å². The summed E-state index contributed by atoms with van der Waals surface area (Å²) < 4.78 is 5.94. The van der Waals surface area contributed by atoms with E-state index < -0.39 is 7.12 Å². The molecule has 0 fully saturated rings. The highest BCUT2D eigenvalue weighted by Crippen LogP contribution is 2.33. The summed E-state index contributed by atoms with van der Waals surface area (Å²) in [4.78, 5) is 8.40. The first-order valence-corrected chi connectivity index (χ1v) is 6.83. The molecule has 2 heterocycles. The first-order valence-electron chi connectivity index (χ1n) is 6.83. The van der Waals surface area contributed by atoms with Crippen molar-refractivity contribution >= 4 is 34.5 Å². The lowest BCUT2D eigenvalue weighted by atomic mass is 9.83. The highest BCUT2D eigenvalue weighted by Gasteiger charge is 2.15. The summed E-state index contributed by atoms with van der Waals surface area (Å²) in [6, 6.07) is 13.6. The molecule has 106 valence electrons. The van der Waals surface area contributed by atoms with Gasteiger partial charge in [-0.2, -0.15) is 0 Å². The van der Waals surface area contributed by atoms with Crippen molar-refractivity contribution in [3.63, 3.8) is 0 Å². The van der Waals surface area contributed by atoms with Crippen LogP contribution in [0.1, 0.15) is 0 Å². The molecule has 0 radical (unpaired) electrons. The monoisotopic (exact) mass is 290 g/mol. The number of nitrogens with zero attached hydrogens (tertiary/aromatic N) is 2. The van der Waals surface area contributed by atoms with Crippen LogP contribution >= 0.6 is 0 Å². The first-order chi connectivity index (χ1) is 10.7. The summed E-state index contributed by atoms with van der Waals surface area (Å²) in [6.45, 7) is 0. The van der Waals surface area contributed by atoms with Crippen LogP contribution in [0.4, 0.5) is 0 Å². The van der Waals surface area contributed by atoms with Crippen LogP contribution in [0.25, 0.3) is 33.3 Å². The number of furan rings is 1. The van der Waals surface area contributed by atoms with Crippen LogP contribution < -0.4 is 5.46 Å². The molecule has 22 heavy (non-hydrogen) atoms. The normalized spacial score (nSPS) is 11.2. The molecule has 6 heteroatoms. The molecule has 0 saturated heterocycles. The third-order valence-corrected chi connectivity index (χ3v) is 3.62. The Labute approximate surface area is 126 Å². The summed E-state index contributed by atoms with van der Waals surface area (Å²) in [5, 5.41) is 20.3. The van der Waals surface area contributed by atoms with E-state index in [0.717, 1.165) is 27.5 Å². The quantitative estimate of drug-likeness (QED) is 0.549. The molecule has 0 saturated carbocycles. The van der Waals surface area contributed by atoms with Gasteiger partial charge in [-0.25, -0.2) is 9.97 Å². The van der Waals surface area contributed by atoms with Crippen molar-refractivity contribution in [3.8, 4) is 11.4 Å². The maximum atomic E-state index is 9.11. The van der Waals surface area contributed by atoms with E-state index in [-0.39, 0.29) is 5.46 Å². The molecular weight excluding hydrogens is 279 g/mol. The van der Waals surface area contributed by atoms with Gasteiger partial charge >= 0.3 is 7.12 Å². The van der Waals surface area contributed by atoms with Gasteiger partial charge in [-0.1, -0.05) is 30.3 Å². The molecule has 0 aliphatic heterocycles. The van der Waals surface area contributed by atoms with Crippen LogP contribution in [0, 0.1) is 0 Å². The molecule has 0 spiro atoms. The summed E-state index contributed by atoms with van der Waals surface area (Å²) >= 11 is 0. The second-order valence-corrected chi connectivity index (χ2v) is 4.99. The summed E-state index contributed by atoms with van der Waals surface area (Å²) in [5.74, 6) is 0.481. The minimum absolute atomic E-state index is 0.250. The second-order valence-electron chi connectivity index (χ2n) is 4.99. The largest absolute Gasteiger partial charge is 0.491 e. The molecule has 4 aromatic rings. The van der Waals surface area contributed by atoms with E-state index in [0.29, 0.717) is 5.82 Å². The van der Waals surface area contributed by atoms with Gasteiger partial charge in [0, 0.05) is 28.6 Å². The summed E-state index contributed by atoms with van der Waals surface area (Å²) in [6.07, 6.45) is 2.79. The van der Waals surface area contributed by atoms with Crippen LogP contribution in [0.2, 0.25) is 0 Å². The molecule has 5 nitrogen and oxygen atoms in total. The van der Waals surface area contributed by atoms with E-state index in [1.807, 2.05) is 42.5 Å². The zero-order valence-corrected chi connectivity index (χ0v) is 11.5. The molecule has 0 atom stereocenters. The lowest BCUT2D eigenvalue weighted by Crippen LogP contribution is -2.30. The Morgan fingerprint density at radius 3 is 2.36 bits per heavy atom. The molecule has 2 N–H and O–H groups in total. The highest BCUT2D eigenvalue weighted by molar-refractivity contribution is 6.58. The molecular formula is C16H11BN2O3. The number of benzene rings is 2. The Morgan fingerprint density at radius 2 is 1.59 bits per heavy atom. The molecule has 0 bridgehead atoms. The number of hydrogen-bond acceptors (Lipinski definition) is 5. The van der Waals surface area contributed by atoms with Crippen molar-refractivity contribution in [3.05, 3.63) is 54.9 Å². The van der Waals surface area contributed by atoms with E-state index in [1.165, 1.54) is 12.4 Å². The van der Waals surface area contributed by atoms with Gasteiger partial charge in [-0.3, -0.25) is 0 Å². The maximum absolute atomic E-state index is 9.11. The Kier molecular flexibility index (Phi) is 2.92. The molecule has 0 aliphatic rings. The molecule has 4 rings (SSSR count). The second kappa shape index (κ2) is 4.94. The Morgan fingerprint density at radius 1 is 0.864 bits per heavy atom. The van der Waals surface area contributed by atoms with Gasteiger partial charge in [-0.05, 0) is 12.1 Å². The summed E-state index contributed by atoms with van der Waals surface area (Å²) in [7, 11) is -1.57. The minimum Gasteiger partial charge on any atom is -0.455 e. The van der Waals surface area contributed by atoms with E-state index in [4.69, 9.17) is 14.5 Å². The van der Waals surface area contributed by atoms with Crippen LogP contribution in [-0.4, -0.2) is 27.1 Å². The zero-order chi connectivity index (χ0) is 15.1. The van der Waals surface area contributed by atoms with Crippen LogP contribution in [-0.2, 0) is 0 Å². The van der Waals surface area contributed by atoms with Crippen LogP contribution in [0.5, 0.6) is 0 Å². The molecule has 2 aromatic carbocycles. The van der Waals surface area contributed by atoms with Gasteiger partial charge in [-0.15, -0.1) is 0 Å². The number of hydrogen-bond donors (Lipinski definition) is 2. The Hall–Kier alpha value is -2.70. The highest BCUT2D eigenvalue weighted by atomic mass is 16.4. The maximum Gasteiger partial charge on any atom is 0.491 e. The lowest BCUT2D eigenvalue weighted by molar-refractivity contribution is 0.425. The van der Waals surface area contributed by atoms with E-state index in [1.54, 1.807) is 0 Å². The number of rotatable bonds is 2. The fraction of sp³-hybridized carbons (Fsp3) is 0. The van der Waals surface area contributed by atoms with Gasteiger partial charge in [0.15, 0.2) is 5.82 Å². The Balaban J connectivity index is 1.94. The van der Waals surface area contributed by atoms with Gasteiger partial charge in [0.25, 0.3) is 0 Å². The SMILES string of the molecule is OB(O)c1cnc(-c2cccc3c2oc2ccccc23)nc1. The third-order valence-electron chi connectivity index (χ3n) is 3.62. The van der Waals surface area contributed by atoms with Crippen molar-refractivity contribution < 1.29 is 14.5 Å². The van der Waals surface area contributed by atoms with Gasteiger partial charge in [0.05, 0.1) is 5.56 Å². The zero-order valence-electron chi connectivity index (χ0n) is 11.5. The first kappa shape index (κ1) is 13.0. The fourth-order valence-electron chi connectivity index (χ4n) is 2.53. The minimum atomic E-state index is -1.57. The van der Waals surface area contributed by atoms with E-state index >= 15 is 0 Å². The van der Waals surface area contributed by atoms with Gasteiger partial charge < -0.3 is 14.5 Å². The standard InChI is InChI=1S/C16H11BN2O3/c20-17(21)10-8-18-16(19-9-10)13-6-3-5-12-11-4-1-2-7-14(11)22-15(12)13/h1-9,20-21H. The van der Waals surface area contributed by atoms with Crippen molar-refractivity contribution in [2.75, 3.05) is 0 Å². The number of fused-ring (bicyclic) bond motifs is 3. The van der Waals surface area contributed by atoms with Gasteiger partial charge in [0.2, 0.25) is 0 Å². The summed E-state index contributed by atoms with van der Waals surface area (Å²) in [5.41, 5.74) is 2.56. The lowest BCUT2D eigenvalue weighted by Gasteiger charge is -2.02. The fourth-order valence-corrected chi connectivity index (χ4v) is 2.53. The average Bonchev–Trinajstić information content (AvgIpc) is 2.93. The van der Waals surface area contributed by atoms with Crippen molar-refractivity contribution in [2.45, 2.75) is 0 Å². The van der Waals surface area contributed by atoms with Crippen LogP contribution in [0.15, 0.2) is 59.3 Å². The predicted octanol–water partition coefficient (Wildman–Crippen LogP) is 1.72. The molecule has 0 amide bonds.